The van der Waals surface area contributed by atoms with Crippen LogP contribution in [0.3, 0.4) is 0 Å². The molecule has 2 aliphatic carbocycles. The van der Waals surface area contributed by atoms with Crippen molar-refractivity contribution in [1.82, 2.24) is 14.8 Å². The van der Waals surface area contributed by atoms with Crippen molar-refractivity contribution in [3.8, 4) is 11.5 Å². The van der Waals surface area contributed by atoms with Crippen LogP contribution in [-0.2, 0) is 31.1 Å². The van der Waals surface area contributed by atoms with Crippen LogP contribution in [0.25, 0.3) is 0 Å². The second-order valence-electron chi connectivity index (χ2n) is 16.3. The number of hydrogen-bond donors (Lipinski definition) is 2. The van der Waals surface area contributed by atoms with Gasteiger partial charge >= 0.3 is 0 Å². The van der Waals surface area contributed by atoms with Gasteiger partial charge in [0.2, 0.25) is 11.8 Å². The van der Waals surface area contributed by atoms with E-state index in [9.17, 15) is 14.7 Å². The van der Waals surface area contributed by atoms with Crippen molar-refractivity contribution in [2.45, 2.75) is 56.5 Å². The third-order valence-corrected chi connectivity index (χ3v) is 15.5. The number of ether oxygens (including phenoxy) is 1. The third kappa shape index (κ3) is 6.04. The highest BCUT2D eigenvalue weighted by Gasteiger charge is 2.70. The number of nitrogens with one attached hydrogen (secondary N) is 1. The normalized spacial score (nSPS) is 27.3. The summed E-state index contributed by atoms with van der Waals surface area (Å²) in [6.07, 6.45) is 3.97. The van der Waals surface area contributed by atoms with Gasteiger partial charge in [-0.3, -0.25) is 34.4 Å². The van der Waals surface area contributed by atoms with Crippen molar-refractivity contribution in [1.29, 1.82) is 0 Å². The maximum atomic E-state index is 15.5. The molecule has 0 aromatic heterocycles. The molecule has 9 rings (SSSR count). The van der Waals surface area contributed by atoms with Crippen LogP contribution in [0, 0.1) is 30.6 Å². The maximum Gasteiger partial charge on any atom is 0.260 e. The number of halogens is 2. The maximum absolute atomic E-state index is 15.5. The smallest absolute Gasteiger partial charge is 0.260 e. The molecule has 2 N–H and O–H groups in total. The van der Waals surface area contributed by atoms with Crippen molar-refractivity contribution in [2.75, 3.05) is 25.6 Å². The highest BCUT2D eigenvalue weighted by Crippen LogP contribution is 2.65. The van der Waals surface area contributed by atoms with Gasteiger partial charge in [-0.25, -0.2) is 0 Å². The second-order valence-corrected chi connectivity index (χ2v) is 17.9. The van der Waals surface area contributed by atoms with Crippen LogP contribution in [0.4, 0.5) is 5.69 Å². The monoisotopic (exact) mass is 906 g/mol. The van der Waals surface area contributed by atoms with E-state index < -0.39 is 46.8 Å². The quantitative estimate of drug-likeness (QED) is 0.136. The Hall–Kier alpha value is -4.78. The van der Waals surface area contributed by atoms with Crippen LogP contribution < -0.4 is 10.2 Å². The Kier molecular flexibility index (Phi) is 10.1. The number of methoxy groups -OCH3 is 1. The van der Waals surface area contributed by atoms with Crippen molar-refractivity contribution < 1.29 is 29.0 Å². The lowest BCUT2D eigenvalue weighted by molar-refractivity contribution is -0.144. The second kappa shape index (κ2) is 15.1. The standard InChI is InChI=1S/C46H44Br2N4O6/c1-26-13-15-29(16-14-26)49-52-43(55)35-23-33-31(38(34-24-36(58-2)41(53)40(48)39(34)47)46(35,45(52)57)28-11-7-4-8-12-28)17-18-32-37(33)44(56)51(42(32)54)30-19-21-50(22-20-30)25-27-9-5-3-6-10-27/h3-17,24,30,32-33,35,37-38,49,53H,18-23,25H2,1-2H3/t32-,33+,35-,37-,38+,46+/m0/s1. The molecule has 0 radical (unpaired) electrons. The molecule has 5 aliphatic rings. The first kappa shape index (κ1) is 38.7. The first-order valence-corrected chi connectivity index (χ1v) is 21.5. The zero-order valence-electron chi connectivity index (χ0n) is 32.2. The number of phenols is 1. The van der Waals surface area contributed by atoms with E-state index in [-0.39, 0.29) is 35.8 Å². The van der Waals surface area contributed by atoms with E-state index in [1.807, 2.05) is 79.7 Å². The summed E-state index contributed by atoms with van der Waals surface area (Å²) in [6.45, 7) is 4.33. The first-order valence-electron chi connectivity index (χ1n) is 19.9. The summed E-state index contributed by atoms with van der Waals surface area (Å²) in [4.78, 5) is 63.9. The number of fused-ring (bicyclic) bond motifs is 4. The van der Waals surface area contributed by atoms with Crippen molar-refractivity contribution in [3.05, 3.63) is 134 Å². The van der Waals surface area contributed by atoms with Crippen molar-refractivity contribution in [3.63, 3.8) is 0 Å². The molecular formula is C46H44Br2N4O6. The zero-order valence-corrected chi connectivity index (χ0v) is 35.4. The summed E-state index contributed by atoms with van der Waals surface area (Å²) in [7, 11) is 1.46. The number of nitrogens with zero attached hydrogens (tertiary/aromatic N) is 3. The summed E-state index contributed by atoms with van der Waals surface area (Å²) in [6, 6.07) is 28.7. The molecule has 298 valence electrons. The number of rotatable bonds is 8. The van der Waals surface area contributed by atoms with Gasteiger partial charge in [0.1, 0.15) is 0 Å². The summed E-state index contributed by atoms with van der Waals surface area (Å²) in [5.74, 6) is -4.55. The number of carbonyl (C=O) groups is 4. The predicted molar refractivity (Wildman–Crippen MR) is 225 cm³/mol. The molecule has 0 unspecified atom stereocenters. The van der Waals surface area contributed by atoms with Gasteiger partial charge in [-0.15, -0.1) is 0 Å². The van der Waals surface area contributed by atoms with E-state index in [0.29, 0.717) is 45.0 Å². The van der Waals surface area contributed by atoms with Gasteiger partial charge in [-0.2, -0.15) is 5.01 Å². The fourth-order valence-corrected chi connectivity index (χ4v) is 11.6. The molecule has 6 atom stereocenters. The minimum atomic E-state index is -1.47. The highest BCUT2D eigenvalue weighted by molar-refractivity contribution is 9.13. The van der Waals surface area contributed by atoms with Crippen LogP contribution in [0.15, 0.2) is 112 Å². The average Bonchev–Trinajstić information content (AvgIpc) is 3.62. The molecule has 0 bridgehead atoms. The molecule has 3 aliphatic heterocycles. The largest absolute Gasteiger partial charge is 0.503 e. The number of piperidine rings is 1. The van der Waals surface area contributed by atoms with E-state index >= 15 is 9.59 Å². The van der Waals surface area contributed by atoms with Gasteiger partial charge in [0.25, 0.3) is 11.8 Å². The van der Waals surface area contributed by atoms with Gasteiger partial charge in [0, 0.05) is 36.1 Å². The Morgan fingerprint density at radius 2 is 1.52 bits per heavy atom. The molecule has 10 nitrogen and oxygen atoms in total. The molecule has 4 aromatic rings. The Bertz CT molecular complexity index is 2330. The minimum absolute atomic E-state index is 0.119. The molecule has 1 saturated carbocycles. The number of hydrazine groups is 1. The van der Waals surface area contributed by atoms with E-state index in [1.54, 1.807) is 11.0 Å². The molecule has 3 saturated heterocycles. The van der Waals surface area contributed by atoms with Gasteiger partial charge < -0.3 is 9.84 Å². The Balaban J connectivity index is 1.14. The first-order chi connectivity index (χ1) is 28.0. The molecule has 4 aromatic carbocycles. The number of phenolic OH excluding ortho intramolecular Hbond substituents is 1. The SMILES string of the molecule is COc1cc([C@H]2C3=CC[C@@H]4C(=O)N(C5CCN(Cc6ccccc6)CC5)C(=O)[C@@H]4[C@@H]3C[C@H]3C(=O)N(Nc4ccc(C)cc4)C(=O)[C@@]23c2ccccc2)c(Br)c(Br)c1O. The molecular weight excluding hydrogens is 864 g/mol. The lowest BCUT2D eigenvalue weighted by atomic mass is 9.49. The number of anilines is 1. The molecule has 58 heavy (non-hydrogen) atoms. The number of amides is 4. The lowest BCUT2D eigenvalue weighted by Crippen LogP contribution is -2.53. The zero-order chi connectivity index (χ0) is 40.5. The topological polar surface area (TPSA) is 119 Å². The van der Waals surface area contributed by atoms with Crippen LogP contribution in [-0.4, -0.2) is 69.8 Å². The summed E-state index contributed by atoms with van der Waals surface area (Å²) in [5, 5.41) is 12.3. The lowest BCUT2D eigenvalue weighted by Gasteiger charge is -2.51. The highest BCUT2D eigenvalue weighted by atomic mass is 79.9. The Labute approximate surface area is 354 Å². The number of carbonyl (C=O) groups excluding carboxylic acids is 4. The fourth-order valence-electron chi connectivity index (χ4n) is 10.6. The number of imide groups is 2. The van der Waals surface area contributed by atoms with Gasteiger partial charge in [-0.05, 0) is 105 Å². The van der Waals surface area contributed by atoms with Crippen molar-refractivity contribution in [2.24, 2.45) is 23.7 Å². The molecule has 12 heteroatoms. The molecule has 4 amide bonds. The van der Waals surface area contributed by atoms with Crippen LogP contribution >= 0.6 is 31.9 Å². The molecule has 3 heterocycles. The van der Waals surface area contributed by atoms with Crippen LogP contribution in [0.2, 0.25) is 0 Å². The van der Waals surface area contributed by atoms with Gasteiger partial charge in [0.05, 0.1) is 40.4 Å². The van der Waals surface area contributed by atoms with Gasteiger partial charge in [-0.1, -0.05) is 90.0 Å². The van der Waals surface area contributed by atoms with E-state index in [4.69, 9.17) is 4.74 Å². The average molecular weight is 909 g/mol. The van der Waals surface area contributed by atoms with E-state index in [1.165, 1.54) is 12.7 Å². The number of likely N-dealkylation sites (tertiary alicyclic amines) is 2. The Morgan fingerprint density at radius 3 is 2.19 bits per heavy atom. The Morgan fingerprint density at radius 1 is 0.845 bits per heavy atom. The van der Waals surface area contributed by atoms with E-state index in [0.717, 1.165) is 35.8 Å². The number of hydrogen-bond acceptors (Lipinski definition) is 8. The fraction of sp³-hybridized carbons (Fsp3) is 0.348. The minimum Gasteiger partial charge on any atom is -0.503 e. The third-order valence-electron chi connectivity index (χ3n) is 13.3. The van der Waals surface area contributed by atoms with Crippen LogP contribution in [0.1, 0.15) is 53.9 Å². The molecule has 0 spiro atoms. The number of allylic oxidation sites excluding steroid dienone is 2. The number of aryl methyl sites for hydroxylation is 1. The van der Waals surface area contributed by atoms with Crippen LogP contribution in [0.5, 0.6) is 11.5 Å². The predicted octanol–water partition coefficient (Wildman–Crippen LogP) is 7.88. The van der Waals surface area contributed by atoms with E-state index in [2.05, 4.69) is 60.4 Å². The van der Waals surface area contributed by atoms with Crippen molar-refractivity contribution >= 4 is 61.2 Å². The molecule has 4 fully saturated rings. The number of benzene rings is 4. The summed E-state index contributed by atoms with van der Waals surface area (Å²) in [5.41, 5.74) is 6.64. The van der Waals surface area contributed by atoms with Gasteiger partial charge in [0.15, 0.2) is 11.5 Å². The summed E-state index contributed by atoms with van der Waals surface area (Å²) >= 11 is 7.34. The summed E-state index contributed by atoms with van der Waals surface area (Å²) < 4.78 is 6.51. The number of aromatic hydroxyl groups is 1.